The Kier molecular flexibility index (Phi) is 6.09. The third-order valence-electron chi connectivity index (χ3n) is 5.58. The third kappa shape index (κ3) is 4.52. The van der Waals surface area contributed by atoms with Crippen molar-refractivity contribution in [3.05, 3.63) is 54.2 Å². The average molecular weight is 409 g/mol. The van der Waals surface area contributed by atoms with E-state index in [9.17, 15) is 9.90 Å². The number of rotatable bonds is 7. The predicted octanol–water partition coefficient (Wildman–Crippen LogP) is 2.82. The summed E-state index contributed by atoms with van der Waals surface area (Å²) in [6, 6.07) is 14.9. The van der Waals surface area contributed by atoms with Crippen LogP contribution in [0, 0.1) is 0 Å². The van der Waals surface area contributed by atoms with E-state index >= 15 is 0 Å². The highest BCUT2D eigenvalue weighted by Crippen LogP contribution is 2.28. The zero-order valence-corrected chi connectivity index (χ0v) is 17.2. The van der Waals surface area contributed by atoms with Gasteiger partial charge < -0.3 is 25.0 Å². The minimum absolute atomic E-state index is 0.119. The molecule has 4 rings (SSSR count). The van der Waals surface area contributed by atoms with Crippen molar-refractivity contribution in [2.45, 2.75) is 6.42 Å². The number of nitrogens with one attached hydrogen (secondary N) is 2. The van der Waals surface area contributed by atoms with Crippen LogP contribution in [0.2, 0.25) is 0 Å². The number of piperazine rings is 1. The van der Waals surface area contributed by atoms with Crippen LogP contribution in [0.3, 0.4) is 0 Å². The van der Waals surface area contributed by atoms with Crippen molar-refractivity contribution in [3.8, 4) is 11.5 Å². The van der Waals surface area contributed by atoms with Crippen molar-refractivity contribution in [1.82, 2.24) is 15.2 Å². The second kappa shape index (κ2) is 9.09. The Morgan fingerprint density at radius 2 is 1.93 bits per heavy atom. The van der Waals surface area contributed by atoms with Gasteiger partial charge in [0, 0.05) is 43.6 Å². The number of para-hydroxylation sites is 2. The lowest BCUT2D eigenvalue weighted by atomic mass is 10.2. The van der Waals surface area contributed by atoms with Gasteiger partial charge in [-0.1, -0.05) is 12.1 Å². The van der Waals surface area contributed by atoms with Crippen LogP contribution in [0.15, 0.2) is 48.5 Å². The van der Waals surface area contributed by atoms with Crippen LogP contribution in [-0.4, -0.2) is 67.3 Å². The Labute approximate surface area is 176 Å². The second-order valence-electron chi connectivity index (χ2n) is 7.56. The number of carbonyl (C=O) groups is 1. The molecule has 1 amide bonds. The summed E-state index contributed by atoms with van der Waals surface area (Å²) in [4.78, 5) is 20.3. The first-order valence-corrected chi connectivity index (χ1v) is 10.3. The van der Waals surface area contributed by atoms with Gasteiger partial charge in [-0.15, -0.1) is 0 Å². The normalized spacial score (nSPS) is 14.8. The van der Waals surface area contributed by atoms with E-state index in [1.807, 2.05) is 18.2 Å². The van der Waals surface area contributed by atoms with Gasteiger partial charge in [0.05, 0.1) is 12.8 Å². The number of aromatic amines is 1. The number of aromatic hydroxyl groups is 1. The molecule has 3 N–H and O–H groups in total. The summed E-state index contributed by atoms with van der Waals surface area (Å²) in [6.07, 6.45) is 0.904. The van der Waals surface area contributed by atoms with Gasteiger partial charge in [-0.3, -0.25) is 9.69 Å². The molecule has 0 radical (unpaired) electrons. The number of H-pyrrole nitrogens is 1. The summed E-state index contributed by atoms with van der Waals surface area (Å²) in [7, 11) is 1.71. The minimum Gasteiger partial charge on any atom is -0.508 e. The maximum atomic E-state index is 12.4. The van der Waals surface area contributed by atoms with E-state index in [1.165, 1.54) is 0 Å². The number of hydrogen-bond acceptors (Lipinski definition) is 5. The summed E-state index contributed by atoms with van der Waals surface area (Å²) in [5.41, 5.74) is 2.51. The number of anilines is 1. The molecule has 2 aromatic carbocycles. The zero-order valence-electron chi connectivity index (χ0n) is 17.2. The lowest BCUT2D eigenvalue weighted by molar-refractivity contribution is 0.0947. The fourth-order valence-electron chi connectivity index (χ4n) is 3.95. The van der Waals surface area contributed by atoms with Gasteiger partial charge in [0.25, 0.3) is 5.91 Å². The van der Waals surface area contributed by atoms with Gasteiger partial charge in [0.1, 0.15) is 17.2 Å². The highest BCUT2D eigenvalue weighted by atomic mass is 16.5. The van der Waals surface area contributed by atoms with Gasteiger partial charge in [-0.2, -0.15) is 0 Å². The summed E-state index contributed by atoms with van der Waals surface area (Å²) < 4.78 is 5.48. The fraction of sp³-hybridized carbons (Fsp3) is 0.348. The first kappa shape index (κ1) is 20.1. The molecule has 1 aliphatic rings. The molecule has 30 heavy (non-hydrogen) atoms. The van der Waals surface area contributed by atoms with E-state index in [0.29, 0.717) is 12.2 Å². The summed E-state index contributed by atoms with van der Waals surface area (Å²) in [6.45, 7) is 5.52. The van der Waals surface area contributed by atoms with Crippen LogP contribution in [0.1, 0.15) is 16.9 Å². The van der Waals surface area contributed by atoms with Gasteiger partial charge in [-0.25, -0.2) is 0 Å². The molecule has 7 heteroatoms. The highest BCUT2D eigenvalue weighted by molar-refractivity contribution is 5.98. The molecule has 1 aromatic heterocycles. The number of carbonyl (C=O) groups excluding carboxylic acids is 1. The quantitative estimate of drug-likeness (QED) is 0.524. The molecule has 7 nitrogen and oxygen atoms in total. The number of methoxy groups -OCH3 is 1. The van der Waals surface area contributed by atoms with Gasteiger partial charge >= 0.3 is 0 Å². The molecule has 0 saturated carbocycles. The van der Waals surface area contributed by atoms with Gasteiger partial charge in [0.15, 0.2) is 0 Å². The molecule has 0 bridgehead atoms. The Hall–Kier alpha value is -3.19. The summed E-state index contributed by atoms with van der Waals surface area (Å²) in [5, 5.41) is 13.4. The van der Waals surface area contributed by atoms with E-state index in [-0.39, 0.29) is 11.7 Å². The van der Waals surface area contributed by atoms with Crippen LogP contribution in [0.4, 0.5) is 5.69 Å². The molecular weight excluding hydrogens is 380 g/mol. The van der Waals surface area contributed by atoms with E-state index < -0.39 is 0 Å². The first-order chi connectivity index (χ1) is 14.6. The van der Waals surface area contributed by atoms with E-state index in [0.717, 1.165) is 61.5 Å². The van der Waals surface area contributed by atoms with Gasteiger partial charge in [-0.05, 0) is 49.4 Å². The minimum atomic E-state index is -0.119. The molecule has 3 aromatic rings. The SMILES string of the molecule is COc1ccccc1N1CCN(CCCNC(=O)c2cc3cc(O)ccc3[nH]2)CC1. The van der Waals surface area contributed by atoms with Crippen LogP contribution in [-0.2, 0) is 0 Å². The number of benzene rings is 2. The molecule has 1 aliphatic heterocycles. The number of aromatic nitrogens is 1. The molecule has 0 unspecified atom stereocenters. The van der Waals surface area contributed by atoms with E-state index in [1.54, 1.807) is 31.4 Å². The standard InChI is InChI=1S/C23H28N4O3/c1-30-22-6-3-2-5-21(22)27-13-11-26(12-14-27)10-4-9-24-23(29)20-16-17-15-18(28)7-8-19(17)25-20/h2-3,5-8,15-16,25,28H,4,9-14H2,1H3,(H,24,29). The number of ether oxygens (including phenoxy) is 1. The van der Waals surface area contributed by atoms with Crippen LogP contribution < -0.4 is 15.0 Å². The topological polar surface area (TPSA) is 80.8 Å². The first-order valence-electron chi connectivity index (χ1n) is 10.3. The maximum absolute atomic E-state index is 12.4. The number of phenolic OH excluding ortho intramolecular Hbond substituents is 1. The number of fused-ring (bicyclic) bond motifs is 1. The van der Waals surface area contributed by atoms with E-state index in [4.69, 9.17) is 4.74 Å². The van der Waals surface area contributed by atoms with Crippen LogP contribution in [0.25, 0.3) is 10.9 Å². The number of amides is 1. The average Bonchev–Trinajstić information content (AvgIpc) is 3.20. The number of hydrogen-bond donors (Lipinski definition) is 3. The Morgan fingerprint density at radius 3 is 2.73 bits per heavy atom. The fourth-order valence-corrected chi connectivity index (χ4v) is 3.95. The molecular formula is C23H28N4O3. The molecule has 158 valence electrons. The van der Waals surface area contributed by atoms with Crippen molar-refractivity contribution < 1.29 is 14.6 Å². The predicted molar refractivity (Wildman–Crippen MR) is 119 cm³/mol. The zero-order chi connectivity index (χ0) is 20.9. The Morgan fingerprint density at radius 1 is 1.13 bits per heavy atom. The molecule has 0 aliphatic carbocycles. The molecule has 1 saturated heterocycles. The van der Waals surface area contributed by atoms with Crippen molar-refractivity contribution in [2.24, 2.45) is 0 Å². The maximum Gasteiger partial charge on any atom is 0.267 e. The van der Waals surface area contributed by atoms with Crippen molar-refractivity contribution in [2.75, 3.05) is 51.3 Å². The largest absolute Gasteiger partial charge is 0.508 e. The lowest BCUT2D eigenvalue weighted by Gasteiger charge is -2.36. The third-order valence-corrected chi connectivity index (χ3v) is 5.58. The van der Waals surface area contributed by atoms with Crippen molar-refractivity contribution in [1.29, 1.82) is 0 Å². The number of nitrogens with zero attached hydrogens (tertiary/aromatic N) is 2. The Bertz CT molecular complexity index is 1010. The molecule has 0 atom stereocenters. The van der Waals surface area contributed by atoms with Crippen molar-refractivity contribution in [3.63, 3.8) is 0 Å². The molecule has 2 heterocycles. The molecule has 1 fully saturated rings. The van der Waals surface area contributed by atoms with E-state index in [2.05, 4.69) is 26.2 Å². The van der Waals surface area contributed by atoms with Crippen LogP contribution >= 0.6 is 0 Å². The van der Waals surface area contributed by atoms with Gasteiger partial charge in [0.2, 0.25) is 0 Å². The summed E-state index contributed by atoms with van der Waals surface area (Å²) >= 11 is 0. The van der Waals surface area contributed by atoms with Crippen LogP contribution in [0.5, 0.6) is 11.5 Å². The number of phenols is 1. The smallest absolute Gasteiger partial charge is 0.267 e. The Balaban J connectivity index is 1.20. The monoisotopic (exact) mass is 408 g/mol. The second-order valence-corrected chi connectivity index (χ2v) is 7.56. The molecule has 0 spiro atoms. The highest BCUT2D eigenvalue weighted by Gasteiger charge is 2.19. The van der Waals surface area contributed by atoms with Crippen molar-refractivity contribution >= 4 is 22.5 Å². The lowest BCUT2D eigenvalue weighted by Crippen LogP contribution is -2.47. The summed E-state index contributed by atoms with van der Waals surface area (Å²) in [5.74, 6) is 0.992.